The number of hydrogen-bond donors (Lipinski definition) is 1. The van der Waals surface area contributed by atoms with Gasteiger partial charge in [-0.1, -0.05) is 113 Å². The molecule has 236 valence electrons. The number of unbranched alkanes of at least 4 members (excludes halogenated alkanes) is 11. The molecule has 0 saturated carbocycles. The number of ketones is 1. The molecule has 1 aromatic heterocycles. The maximum atomic E-state index is 12.9. The summed E-state index contributed by atoms with van der Waals surface area (Å²) in [5, 5.41) is 5.08. The molecule has 0 aliphatic heterocycles. The number of aromatic nitrogens is 1. The van der Waals surface area contributed by atoms with Gasteiger partial charge in [-0.25, -0.2) is 0 Å². The van der Waals surface area contributed by atoms with E-state index in [0.717, 1.165) is 24.1 Å². The Kier molecular flexibility index (Phi) is 17.9. The van der Waals surface area contributed by atoms with E-state index in [-0.39, 0.29) is 35.3 Å². The van der Waals surface area contributed by atoms with E-state index in [1.165, 1.54) is 76.8 Å². The molecular formula is C35H49BrN2O4S. The van der Waals surface area contributed by atoms with Gasteiger partial charge in [0.05, 0.1) is 23.2 Å². The molecule has 1 heterocycles. The molecule has 0 atom stereocenters. The average Bonchev–Trinajstić information content (AvgIpc) is 3.39. The predicted octanol–water partition coefficient (Wildman–Crippen LogP) is 5.70. The normalized spacial score (nSPS) is 10.7. The third kappa shape index (κ3) is 13.2. The van der Waals surface area contributed by atoms with Gasteiger partial charge in [-0.05, 0) is 31.5 Å². The summed E-state index contributed by atoms with van der Waals surface area (Å²) >= 11 is 1.65. The summed E-state index contributed by atoms with van der Waals surface area (Å²) in [5.41, 5.74) is 5.48. The maximum Gasteiger partial charge on any atom is 0.262 e. The van der Waals surface area contributed by atoms with E-state index in [2.05, 4.69) is 34.6 Å². The third-order valence-electron chi connectivity index (χ3n) is 7.47. The molecule has 0 radical (unpaired) electrons. The van der Waals surface area contributed by atoms with Gasteiger partial charge in [0, 0.05) is 12.5 Å². The van der Waals surface area contributed by atoms with Crippen LogP contribution in [0.3, 0.4) is 0 Å². The van der Waals surface area contributed by atoms with Crippen LogP contribution in [0.1, 0.15) is 113 Å². The number of para-hydroxylation sites is 2. The van der Waals surface area contributed by atoms with Crippen molar-refractivity contribution in [3.8, 4) is 11.5 Å². The van der Waals surface area contributed by atoms with Crippen LogP contribution in [-0.2, 0) is 11.3 Å². The first-order chi connectivity index (χ1) is 20.5. The summed E-state index contributed by atoms with van der Waals surface area (Å²) in [4.78, 5) is 25.2. The van der Waals surface area contributed by atoms with Gasteiger partial charge in [0.2, 0.25) is 5.51 Å². The van der Waals surface area contributed by atoms with Crippen LogP contribution < -0.4 is 36.3 Å². The summed E-state index contributed by atoms with van der Waals surface area (Å²) in [6.45, 7) is 6.85. The Morgan fingerprint density at radius 3 is 2.12 bits per heavy atom. The van der Waals surface area contributed by atoms with Gasteiger partial charge in [0.1, 0.15) is 0 Å². The molecule has 2 aromatic carbocycles. The van der Waals surface area contributed by atoms with Crippen LogP contribution in [0.2, 0.25) is 0 Å². The Morgan fingerprint density at radius 2 is 1.49 bits per heavy atom. The standard InChI is InChI=1S/C35H48N2O4S.BrH/c1-4-5-6-7-8-9-10-11-12-13-14-17-23-40-35-31(29(3)38)20-18-22-33(35)41-25-34(39)36-32-21-16-15-19-30(32)24-37-27-42-26-28(37)2;/h15-16,18-22,26-27H,4-14,17,23-25H2,1-3H3;1H. The lowest BCUT2D eigenvalue weighted by atomic mass is 10.1. The molecule has 43 heavy (non-hydrogen) atoms. The van der Waals surface area contributed by atoms with E-state index in [1.807, 2.05) is 24.3 Å². The topological polar surface area (TPSA) is 68.5 Å². The Hall–Kier alpha value is -2.71. The van der Waals surface area contributed by atoms with Crippen LogP contribution in [0.25, 0.3) is 0 Å². The van der Waals surface area contributed by atoms with Crippen molar-refractivity contribution in [3.63, 3.8) is 0 Å². The van der Waals surface area contributed by atoms with Crippen molar-refractivity contribution in [2.45, 2.75) is 104 Å². The number of aryl methyl sites for hydroxylation is 1. The number of carbonyl (C=O) groups is 2. The van der Waals surface area contributed by atoms with Crippen molar-refractivity contribution in [1.82, 2.24) is 0 Å². The van der Waals surface area contributed by atoms with Crippen molar-refractivity contribution in [3.05, 3.63) is 70.2 Å². The predicted molar refractivity (Wildman–Crippen MR) is 172 cm³/mol. The second-order valence-electron chi connectivity index (χ2n) is 11.0. The van der Waals surface area contributed by atoms with Gasteiger partial charge in [-0.3, -0.25) is 9.59 Å². The highest BCUT2D eigenvalue weighted by Crippen LogP contribution is 2.32. The van der Waals surface area contributed by atoms with Gasteiger partial charge in [0.15, 0.2) is 36.1 Å². The Morgan fingerprint density at radius 1 is 0.837 bits per heavy atom. The molecule has 0 fully saturated rings. The fourth-order valence-corrected chi connectivity index (χ4v) is 5.76. The second-order valence-corrected chi connectivity index (χ2v) is 11.8. The Balaban J connectivity index is 0.00000645. The number of ether oxygens (including phenoxy) is 2. The van der Waals surface area contributed by atoms with Gasteiger partial charge in [0.25, 0.3) is 5.91 Å². The van der Waals surface area contributed by atoms with Crippen LogP contribution in [-0.4, -0.2) is 24.9 Å². The lowest BCUT2D eigenvalue weighted by Crippen LogP contribution is -3.00. The fourth-order valence-electron chi connectivity index (χ4n) is 4.98. The molecule has 0 spiro atoms. The van der Waals surface area contributed by atoms with E-state index in [4.69, 9.17) is 9.47 Å². The monoisotopic (exact) mass is 672 g/mol. The van der Waals surface area contributed by atoms with Gasteiger partial charge >= 0.3 is 0 Å². The van der Waals surface area contributed by atoms with E-state index >= 15 is 0 Å². The zero-order chi connectivity index (χ0) is 30.0. The first kappa shape index (κ1) is 36.5. The van der Waals surface area contributed by atoms with E-state index < -0.39 is 0 Å². The molecule has 0 bridgehead atoms. The van der Waals surface area contributed by atoms with E-state index in [0.29, 0.717) is 30.2 Å². The fraction of sp³-hybridized carbons (Fsp3) is 0.514. The Labute approximate surface area is 273 Å². The summed E-state index contributed by atoms with van der Waals surface area (Å²) in [7, 11) is 0. The number of thiazole rings is 1. The summed E-state index contributed by atoms with van der Waals surface area (Å²) < 4.78 is 14.1. The quantitative estimate of drug-likeness (QED) is 0.0896. The number of halogens is 1. The minimum atomic E-state index is -0.269. The van der Waals surface area contributed by atoms with Gasteiger partial charge in [-0.15, -0.1) is 0 Å². The summed E-state index contributed by atoms with van der Waals surface area (Å²) in [6.07, 6.45) is 15.3. The number of nitrogens with zero attached hydrogens (tertiary/aromatic N) is 1. The average molecular weight is 674 g/mol. The van der Waals surface area contributed by atoms with Crippen molar-refractivity contribution < 1.29 is 40.6 Å². The number of anilines is 1. The third-order valence-corrected chi connectivity index (χ3v) is 8.33. The molecule has 0 unspecified atom stereocenters. The highest BCUT2D eigenvalue weighted by molar-refractivity contribution is 7.07. The number of rotatable bonds is 21. The first-order valence-electron chi connectivity index (χ1n) is 15.7. The van der Waals surface area contributed by atoms with Crippen LogP contribution >= 0.6 is 11.3 Å². The lowest BCUT2D eigenvalue weighted by Gasteiger charge is -2.16. The zero-order valence-electron chi connectivity index (χ0n) is 26.2. The molecule has 1 amide bonds. The molecule has 0 aliphatic rings. The number of carbonyl (C=O) groups excluding carboxylic acids is 2. The summed E-state index contributed by atoms with van der Waals surface area (Å²) in [6, 6.07) is 13.0. The molecule has 0 aliphatic carbocycles. The molecule has 0 saturated heterocycles. The maximum absolute atomic E-state index is 12.9. The zero-order valence-corrected chi connectivity index (χ0v) is 28.6. The smallest absolute Gasteiger partial charge is 0.262 e. The van der Waals surface area contributed by atoms with Crippen molar-refractivity contribution in [2.24, 2.45) is 0 Å². The molecule has 8 heteroatoms. The summed E-state index contributed by atoms with van der Waals surface area (Å²) in [5.74, 6) is 0.472. The van der Waals surface area contributed by atoms with Crippen molar-refractivity contribution in [1.29, 1.82) is 0 Å². The number of benzene rings is 2. The van der Waals surface area contributed by atoms with Crippen molar-refractivity contribution in [2.75, 3.05) is 18.5 Å². The largest absolute Gasteiger partial charge is 1.00 e. The van der Waals surface area contributed by atoms with E-state index in [1.54, 1.807) is 29.5 Å². The number of hydrogen-bond acceptors (Lipinski definition) is 5. The molecular weight excluding hydrogens is 624 g/mol. The number of amides is 1. The molecule has 3 aromatic rings. The van der Waals surface area contributed by atoms with Crippen LogP contribution in [0.5, 0.6) is 11.5 Å². The lowest BCUT2D eigenvalue weighted by molar-refractivity contribution is -0.689. The number of Topliss-reactive ketones (excluding diaryl/α,β-unsaturated/α-hetero) is 1. The highest BCUT2D eigenvalue weighted by Gasteiger charge is 2.17. The Bertz CT molecular complexity index is 1250. The second kappa shape index (κ2) is 21.1. The van der Waals surface area contributed by atoms with Gasteiger partial charge in [-0.2, -0.15) is 4.57 Å². The van der Waals surface area contributed by atoms with Crippen LogP contribution in [0, 0.1) is 6.92 Å². The number of nitrogens with one attached hydrogen (secondary N) is 1. The first-order valence-corrected chi connectivity index (χ1v) is 16.6. The SMILES string of the molecule is CCCCCCCCCCCCCCOc1c(OCC(=O)Nc2ccccc2C[n+]2cscc2C)cccc1C(C)=O.[Br-]. The van der Waals surface area contributed by atoms with Crippen molar-refractivity contribution >= 4 is 28.7 Å². The molecule has 3 rings (SSSR count). The molecule has 1 N–H and O–H groups in total. The minimum absolute atomic E-state index is 0. The van der Waals surface area contributed by atoms with E-state index in [9.17, 15) is 9.59 Å². The highest BCUT2D eigenvalue weighted by atomic mass is 79.9. The van der Waals surface area contributed by atoms with Crippen LogP contribution in [0.15, 0.2) is 53.4 Å². The van der Waals surface area contributed by atoms with Crippen LogP contribution in [0.4, 0.5) is 5.69 Å². The minimum Gasteiger partial charge on any atom is -1.00 e. The van der Waals surface area contributed by atoms with Gasteiger partial charge < -0.3 is 31.8 Å². The molecule has 6 nitrogen and oxygen atoms in total.